The van der Waals surface area contributed by atoms with Gasteiger partial charge in [0.2, 0.25) is 0 Å². The quantitative estimate of drug-likeness (QED) is 0.683. The summed E-state index contributed by atoms with van der Waals surface area (Å²) >= 11 is 1.45. The molecule has 1 saturated heterocycles. The van der Waals surface area contributed by atoms with Gasteiger partial charge in [-0.2, -0.15) is 0 Å². The van der Waals surface area contributed by atoms with Crippen LogP contribution in [0.4, 0.5) is 9.80 Å². The molecule has 1 atom stereocenters. The van der Waals surface area contributed by atoms with Gasteiger partial charge in [-0.1, -0.05) is 24.3 Å². The largest absolute Gasteiger partial charge is 0.503 e. The van der Waals surface area contributed by atoms with E-state index in [1.807, 2.05) is 11.4 Å². The lowest BCUT2D eigenvalue weighted by molar-refractivity contribution is 0.108. The van der Waals surface area contributed by atoms with Gasteiger partial charge in [0.15, 0.2) is 5.75 Å². The summed E-state index contributed by atoms with van der Waals surface area (Å²) in [4.78, 5) is 28.4. The first-order chi connectivity index (χ1) is 14.6. The number of ether oxygens (including phenoxy) is 1. The van der Waals surface area contributed by atoms with Crippen LogP contribution in [0.2, 0.25) is 0 Å². The molecular weight excluding hydrogens is 402 g/mol. The molecule has 1 amide bonds. The van der Waals surface area contributed by atoms with Crippen LogP contribution in [0.3, 0.4) is 0 Å². The fraction of sp³-hybridized carbons (Fsp3) is 0.273. The number of pyridine rings is 1. The lowest BCUT2D eigenvalue weighted by Crippen LogP contribution is -2.31. The normalized spacial score (nSPS) is 18.6. The maximum Gasteiger partial charge on any atom is 0.415 e. The van der Waals surface area contributed by atoms with Crippen molar-refractivity contribution in [3.63, 3.8) is 0 Å². The molecule has 30 heavy (non-hydrogen) atoms. The Morgan fingerprint density at radius 3 is 2.63 bits per heavy atom. The third kappa shape index (κ3) is 3.59. The fourth-order valence-electron chi connectivity index (χ4n) is 4.05. The third-order valence-electron chi connectivity index (χ3n) is 5.50. The molecule has 2 aromatic heterocycles. The lowest BCUT2D eigenvalue weighted by Gasteiger charge is -2.18. The first kappa shape index (κ1) is 18.9. The number of carbonyl (C=O) groups is 1. The van der Waals surface area contributed by atoms with Gasteiger partial charge in [-0.05, 0) is 40.3 Å². The van der Waals surface area contributed by atoms with Gasteiger partial charge in [0.05, 0.1) is 13.1 Å². The van der Waals surface area contributed by atoms with Crippen molar-refractivity contribution in [1.82, 2.24) is 9.47 Å². The van der Waals surface area contributed by atoms with Crippen LogP contribution in [0.5, 0.6) is 5.75 Å². The second kappa shape index (κ2) is 7.62. The van der Waals surface area contributed by atoms with Gasteiger partial charge < -0.3 is 14.4 Å². The number of hydrogen-bond donors (Lipinski definition) is 1. The summed E-state index contributed by atoms with van der Waals surface area (Å²) in [7, 11) is 0. The minimum absolute atomic E-state index is 0.175. The number of benzene rings is 1. The highest BCUT2D eigenvalue weighted by Crippen LogP contribution is 2.30. The minimum Gasteiger partial charge on any atom is -0.503 e. The number of aromatic hydroxyl groups is 1. The van der Waals surface area contributed by atoms with Gasteiger partial charge in [-0.25, -0.2) is 4.79 Å². The van der Waals surface area contributed by atoms with Crippen molar-refractivity contribution in [3.8, 4) is 5.75 Å². The van der Waals surface area contributed by atoms with Gasteiger partial charge in [-0.15, -0.1) is 11.3 Å². The fourth-order valence-corrected chi connectivity index (χ4v) is 4.96. The predicted molar refractivity (Wildman–Crippen MR) is 114 cm³/mol. The van der Waals surface area contributed by atoms with E-state index < -0.39 is 5.56 Å². The second-order valence-electron chi connectivity index (χ2n) is 7.67. The van der Waals surface area contributed by atoms with E-state index >= 15 is 0 Å². The Hall–Kier alpha value is -3.10. The van der Waals surface area contributed by atoms with Crippen molar-refractivity contribution in [2.75, 3.05) is 18.0 Å². The summed E-state index contributed by atoms with van der Waals surface area (Å²) in [5.41, 5.74) is 3.14. The molecule has 0 radical (unpaired) electrons. The summed E-state index contributed by atoms with van der Waals surface area (Å²) in [6.45, 7) is 3.31. The average molecular weight is 423 g/mol. The van der Waals surface area contributed by atoms with Gasteiger partial charge >= 0.3 is 6.09 Å². The predicted octanol–water partition coefficient (Wildman–Crippen LogP) is 3.00. The van der Waals surface area contributed by atoms with Crippen LogP contribution in [0.25, 0.3) is 0 Å². The van der Waals surface area contributed by atoms with E-state index in [1.165, 1.54) is 33.1 Å². The van der Waals surface area contributed by atoms with E-state index in [-0.39, 0.29) is 17.9 Å². The number of amides is 1. The molecule has 0 bridgehead atoms. The molecule has 7 nitrogen and oxygen atoms in total. The molecule has 0 saturated carbocycles. The molecule has 8 heteroatoms. The topological polar surface area (TPSA) is 75.0 Å². The zero-order chi connectivity index (χ0) is 20.7. The smallest absolute Gasteiger partial charge is 0.415 e. The minimum atomic E-state index is -0.433. The Labute approximate surface area is 177 Å². The summed E-state index contributed by atoms with van der Waals surface area (Å²) in [5, 5.41) is 12.3. The molecular formula is C22H21N3O4S. The average Bonchev–Trinajstić information content (AvgIpc) is 3.43. The molecule has 0 aliphatic carbocycles. The highest BCUT2D eigenvalue weighted by molar-refractivity contribution is 7.14. The zero-order valence-corrected chi connectivity index (χ0v) is 17.0. The molecule has 1 fully saturated rings. The summed E-state index contributed by atoms with van der Waals surface area (Å²) in [6.07, 6.45) is 1.12. The SMILES string of the molecule is O=C1O[C@@H](CN2Cc3ccccc3C2)CN1c1cc(Cn2cccc(O)c2=O)cs1. The Kier molecular flexibility index (Phi) is 4.80. The van der Waals surface area contributed by atoms with Crippen LogP contribution in [-0.4, -0.2) is 39.9 Å². The number of rotatable bonds is 5. The molecule has 2 aliphatic heterocycles. The Bertz CT molecular complexity index is 1130. The number of fused-ring (bicyclic) bond motifs is 1. The number of cyclic esters (lactones) is 1. The number of aromatic nitrogens is 1. The molecule has 154 valence electrons. The molecule has 0 spiro atoms. The van der Waals surface area contributed by atoms with Crippen LogP contribution in [0.1, 0.15) is 16.7 Å². The van der Waals surface area contributed by atoms with Crippen molar-refractivity contribution >= 4 is 22.4 Å². The molecule has 0 unspecified atom stereocenters. The standard InChI is InChI=1S/C22H21N3O4S/c26-19-6-3-7-24(21(19)27)9-15-8-20(30-14-15)25-13-18(29-22(25)28)12-23-10-16-4-1-2-5-17(16)11-23/h1-8,14,18,26H,9-13H2/t18-/m0/s1. The van der Waals surface area contributed by atoms with Gasteiger partial charge in [0.25, 0.3) is 5.56 Å². The number of carbonyl (C=O) groups excluding carboxylic acids is 1. The Morgan fingerprint density at radius 1 is 1.10 bits per heavy atom. The van der Waals surface area contributed by atoms with E-state index in [0.717, 1.165) is 23.7 Å². The molecule has 4 heterocycles. The lowest BCUT2D eigenvalue weighted by atomic mass is 10.1. The zero-order valence-electron chi connectivity index (χ0n) is 16.2. The van der Waals surface area contributed by atoms with Gasteiger partial charge in [0.1, 0.15) is 11.1 Å². The van der Waals surface area contributed by atoms with Crippen molar-refractivity contribution in [3.05, 3.63) is 81.1 Å². The second-order valence-corrected chi connectivity index (χ2v) is 8.56. The van der Waals surface area contributed by atoms with Crippen LogP contribution in [0.15, 0.2) is 58.8 Å². The highest BCUT2D eigenvalue weighted by Gasteiger charge is 2.35. The van der Waals surface area contributed by atoms with E-state index in [9.17, 15) is 14.7 Å². The molecule has 1 aromatic carbocycles. The van der Waals surface area contributed by atoms with Crippen LogP contribution in [-0.2, 0) is 24.4 Å². The maximum absolute atomic E-state index is 12.4. The van der Waals surface area contributed by atoms with Crippen molar-refractivity contribution in [1.29, 1.82) is 0 Å². The monoisotopic (exact) mass is 423 g/mol. The number of anilines is 1. The third-order valence-corrected chi connectivity index (χ3v) is 6.50. The van der Waals surface area contributed by atoms with E-state index in [2.05, 4.69) is 29.2 Å². The molecule has 5 rings (SSSR count). The van der Waals surface area contributed by atoms with Crippen molar-refractivity contribution in [2.24, 2.45) is 0 Å². The van der Waals surface area contributed by atoms with Crippen LogP contribution in [0, 0.1) is 0 Å². The summed E-state index contributed by atoms with van der Waals surface area (Å²) in [6, 6.07) is 13.3. The maximum atomic E-state index is 12.4. The Morgan fingerprint density at radius 2 is 1.87 bits per heavy atom. The van der Waals surface area contributed by atoms with Crippen molar-refractivity contribution in [2.45, 2.75) is 25.7 Å². The number of thiophene rings is 1. The van der Waals surface area contributed by atoms with Crippen LogP contribution < -0.4 is 10.5 Å². The Balaban J connectivity index is 1.23. The van der Waals surface area contributed by atoms with Crippen LogP contribution >= 0.6 is 11.3 Å². The molecule has 1 N–H and O–H groups in total. The van der Waals surface area contributed by atoms with E-state index in [4.69, 9.17) is 4.74 Å². The first-order valence-corrected chi connectivity index (χ1v) is 10.7. The number of nitrogens with zero attached hydrogens (tertiary/aromatic N) is 3. The summed E-state index contributed by atoms with van der Waals surface area (Å²) < 4.78 is 7.06. The van der Waals surface area contributed by atoms with E-state index in [0.29, 0.717) is 19.6 Å². The first-order valence-electron chi connectivity index (χ1n) is 9.80. The number of hydrogen-bond acceptors (Lipinski definition) is 6. The summed E-state index contributed by atoms with van der Waals surface area (Å²) in [5.74, 6) is -0.275. The van der Waals surface area contributed by atoms with Gasteiger partial charge in [0, 0.05) is 25.8 Å². The highest BCUT2D eigenvalue weighted by atomic mass is 32.1. The van der Waals surface area contributed by atoms with E-state index in [1.54, 1.807) is 17.2 Å². The van der Waals surface area contributed by atoms with Gasteiger partial charge in [-0.3, -0.25) is 14.6 Å². The molecule has 3 aromatic rings. The molecule has 2 aliphatic rings. The van der Waals surface area contributed by atoms with Crippen molar-refractivity contribution < 1.29 is 14.6 Å².